The summed E-state index contributed by atoms with van der Waals surface area (Å²) in [6, 6.07) is -1.48. The molecule has 2 saturated heterocycles. The Morgan fingerprint density at radius 1 is 0.879 bits per heavy atom. The number of fused-ring (bicyclic) bond motifs is 1. The van der Waals surface area contributed by atoms with Gasteiger partial charge in [0.2, 0.25) is 5.91 Å². The van der Waals surface area contributed by atoms with Gasteiger partial charge in [-0.05, 0) is 0 Å². The monoisotopic (exact) mass is 825 g/mol. The number of carbonyl (C=O) groups is 8. The van der Waals surface area contributed by atoms with Gasteiger partial charge in [0.25, 0.3) is 11.3 Å². The summed E-state index contributed by atoms with van der Waals surface area (Å²) in [6.07, 6.45) is -11.1. The first kappa shape index (κ1) is 44.7. The SMILES string of the molecule is COC(=O)[C@]1(OC[C@H]2O[C@@H](n3cnc4c(=O)[nH]cnc43)[C@H](OC(C)=O)[C@@H]2OC(C)=O)C[C@H](OC(C)=O)[C@@H](NC(C)=O)[C@H]([C@H](OC(C)=O)[C@@H](COC(C)=O)OC(C)=O)O1. The molecule has 2 aromatic heterocycles. The highest BCUT2D eigenvalue weighted by atomic mass is 16.8. The number of amides is 1. The predicted molar refractivity (Wildman–Crippen MR) is 184 cm³/mol. The van der Waals surface area contributed by atoms with Crippen LogP contribution in [0.25, 0.3) is 11.2 Å². The van der Waals surface area contributed by atoms with Crippen molar-refractivity contribution in [3.8, 4) is 0 Å². The molecule has 2 fully saturated rings. The van der Waals surface area contributed by atoms with Crippen LogP contribution in [-0.2, 0) is 85.7 Å². The number of nitrogens with zero attached hydrogens (tertiary/aromatic N) is 3. The van der Waals surface area contributed by atoms with E-state index in [1.165, 1.54) is 10.9 Å². The van der Waals surface area contributed by atoms with Gasteiger partial charge in [-0.2, -0.15) is 0 Å². The first-order valence-electron chi connectivity index (χ1n) is 17.5. The Morgan fingerprint density at radius 2 is 1.52 bits per heavy atom. The summed E-state index contributed by atoms with van der Waals surface area (Å²) in [5, 5.41) is 2.54. The van der Waals surface area contributed by atoms with Gasteiger partial charge in [-0.15, -0.1) is 0 Å². The maximum absolute atomic E-state index is 13.9. The fraction of sp³-hybridized carbons (Fsp3) is 0.618. The topological polar surface area (TPSA) is 304 Å². The van der Waals surface area contributed by atoms with E-state index in [2.05, 4.69) is 20.3 Å². The van der Waals surface area contributed by atoms with Gasteiger partial charge >= 0.3 is 41.8 Å². The highest BCUT2D eigenvalue weighted by Crippen LogP contribution is 2.40. The van der Waals surface area contributed by atoms with Gasteiger partial charge in [0.15, 0.2) is 41.8 Å². The Kier molecular flexibility index (Phi) is 14.6. The zero-order valence-corrected chi connectivity index (χ0v) is 32.6. The summed E-state index contributed by atoms with van der Waals surface area (Å²) in [7, 11) is 0.956. The molecule has 2 aliphatic rings. The van der Waals surface area contributed by atoms with Crippen LogP contribution in [0.1, 0.15) is 61.1 Å². The molecular weight excluding hydrogens is 782 g/mol. The van der Waals surface area contributed by atoms with Crippen molar-refractivity contribution in [2.24, 2.45) is 0 Å². The Balaban J connectivity index is 1.85. The summed E-state index contributed by atoms with van der Waals surface area (Å²) < 4.78 is 57.6. The van der Waals surface area contributed by atoms with Gasteiger partial charge in [-0.3, -0.25) is 42.9 Å². The lowest BCUT2D eigenvalue weighted by atomic mass is 9.88. The van der Waals surface area contributed by atoms with Crippen LogP contribution in [0.3, 0.4) is 0 Å². The number of ether oxygens (including phenoxy) is 10. The minimum Gasteiger partial charge on any atom is -0.465 e. The molecule has 0 aliphatic carbocycles. The molecule has 0 radical (unpaired) electrons. The van der Waals surface area contributed by atoms with Crippen molar-refractivity contribution in [1.29, 1.82) is 0 Å². The second kappa shape index (κ2) is 19.0. The van der Waals surface area contributed by atoms with E-state index in [1.807, 2.05) is 0 Å². The molecule has 4 heterocycles. The van der Waals surface area contributed by atoms with E-state index in [9.17, 15) is 43.2 Å². The van der Waals surface area contributed by atoms with Gasteiger partial charge in [-0.25, -0.2) is 14.8 Å². The van der Waals surface area contributed by atoms with Crippen LogP contribution in [0.5, 0.6) is 0 Å². The number of nitrogens with one attached hydrogen (secondary N) is 2. The fourth-order valence-electron chi connectivity index (χ4n) is 6.53. The molecule has 10 atom stereocenters. The van der Waals surface area contributed by atoms with E-state index in [4.69, 9.17) is 47.4 Å². The second-order valence-electron chi connectivity index (χ2n) is 13.0. The van der Waals surface area contributed by atoms with Crippen LogP contribution >= 0.6 is 0 Å². The highest BCUT2D eigenvalue weighted by Gasteiger charge is 2.60. The number of hydrogen-bond donors (Lipinski definition) is 2. The first-order valence-corrected chi connectivity index (χ1v) is 17.5. The summed E-state index contributed by atoms with van der Waals surface area (Å²) >= 11 is 0. The van der Waals surface area contributed by atoms with E-state index < -0.39 is 134 Å². The number of methoxy groups -OCH3 is 1. The van der Waals surface area contributed by atoms with Crippen molar-refractivity contribution in [1.82, 2.24) is 24.8 Å². The summed E-state index contributed by atoms with van der Waals surface area (Å²) in [4.78, 5) is 124. The molecule has 24 heteroatoms. The number of aromatic nitrogens is 4. The molecule has 0 spiro atoms. The Morgan fingerprint density at radius 3 is 2.09 bits per heavy atom. The van der Waals surface area contributed by atoms with Crippen molar-refractivity contribution < 1.29 is 85.7 Å². The average Bonchev–Trinajstić information content (AvgIpc) is 3.69. The molecule has 318 valence electrons. The van der Waals surface area contributed by atoms with Gasteiger partial charge in [0, 0.05) is 48.5 Å². The zero-order valence-electron chi connectivity index (χ0n) is 32.6. The van der Waals surface area contributed by atoms with Gasteiger partial charge in [-0.1, -0.05) is 0 Å². The molecule has 0 unspecified atom stereocenters. The average molecular weight is 826 g/mol. The van der Waals surface area contributed by atoms with Crippen LogP contribution in [0.4, 0.5) is 0 Å². The lowest BCUT2D eigenvalue weighted by molar-refractivity contribution is -0.319. The van der Waals surface area contributed by atoms with E-state index in [-0.39, 0.29) is 11.2 Å². The van der Waals surface area contributed by atoms with Crippen LogP contribution in [-0.4, -0.2) is 142 Å². The summed E-state index contributed by atoms with van der Waals surface area (Å²) in [5.74, 6) is -10.1. The second-order valence-corrected chi connectivity index (χ2v) is 13.0. The number of imidazole rings is 1. The smallest absolute Gasteiger partial charge is 0.366 e. The molecule has 4 rings (SSSR count). The van der Waals surface area contributed by atoms with Gasteiger partial charge < -0.3 is 57.7 Å². The molecular formula is C34H43N5O19. The molecule has 0 saturated carbocycles. The van der Waals surface area contributed by atoms with Crippen LogP contribution in [0, 0.1) is 0 Å². The number of rotatable bonds is 15. The number of aromatic amines is 1. The third kappa shape index (κ3) is 10.7. The number of H-pyrrole nitrogens is 1. The molecule has 1 amide bonds. The van der Waals surface area contributed by atoms with Crippen molar-refractivity contribution >= 4 is 58.9 Å². The molecule has 24 nitrogen and oxygen atoms in total. The Labute approximate surface area is 328 Å². The van der Waals surface area contributed by atoms with Crippen LogP contribution in [0.2, 0.25) is 0 Å². The van der Waals surface area contributed by atoms with Crippen LogP contribution in [0.15, 0.2) is 17.4 Å². The predicted octanol–water partition coefficient (Wildman–Crippen LogP) is -1.58. The minimum atomic E-state index is -2.68. The van der Waals surface area contributed by atoms with E-state index in [1.54, 1.807) is 0 Å². The quantitative estimate of drug-likeness (QED) is 0.151. The molecule has 2 N–H and O–H groups in total. The largest absolute Gasteiger partial charge is 0.465 e. The van der Waals surface area contributed by atoms with Crippen LogP contribution < -0.4 is 10.9 Å². The van der Waals surface area contributed by atoms with Crippen molar-refractivity contribution in [2.75, 3.05) is 20.3 Å². The summed E-state index contributed by atoms with van der Waals surface area (Å²) in [6.45, 7) is 5.78. The number of hydrogen-bond acceptors (Lipinski definition) is 21. The maximum Gasteiger partial charge on any atom is 0.366 e. The minimum absolute atomic E-state index is 0.0145. The van der Waals surface area contributed by atoms with Crippen molar-refractivity contribution in [3.63, 3.8) is 0 Å². The molecule has 2 aliphatic heterocycles. The number of esters is 7. The normalized spacial score (nSPS) is 26.3. The van der Waals surface area contributed by atoms with Crippen molar-refractivity contribution in [3.05, 3.63) is 23.0 Å². The lowest BCUT2D eigenvalue weighted by Crippen LogP contribution is -2.69. The Bertz CT molecular complexity index is 1960. The maximum atomic E-state index is 13.9. The fourth-order valence-corrected chi connectivity index (χ4v) is 6.53. The zero-order chi connectivity index (χ0) is 43.1. The third-order valence-corrected chi connectivity index (χ3v) is 8.50. The molecule has 2 aromatic rings. The molecule has 0 aromatic carbocycles. The van der Waals surface area contributed by atoms with Crippen molar-refractivity contribution in [2.45, 2.75) is 116 Å². The van der Waals surface area contributed by atoms with E-state index in [0.717, 1.165) is 61.9 Å². The molecule has 0 bridgehead atoms. The van der Waals surface area contributed by atoms with E-state index in [0.29, 0.717) is 0 Å². The number of carbonyl (C=O) groups excluding carboxylic acids is 8. The Hall–Kier alpha value is -6.01. The first-order chi connectivity index (χ1) is 27.3. The third-order valence-electron chi connectivity index (χ3n) is 8.50. The van der Waals surface area contributed by atoms with E-state index >= 15 is 0 Å². The standard InChI is InChI=1S/C34H43N5O19/c1-14(40)38-24-21(52-16(3)42)9-34(33(48)49-8,58-28(24)26(54-18(5)44)22(53-17(4)43)10-50-15(2)41)51-11-23-27(55-19(6)45)29(56-20(7)46)32(57-23)39-13-37-25-30(39)35-12-36-31(25)47/h12-13,21-24,26-29,32H,9-11H2,1-8H3,(H,38,40)(H,35,36,47)/t21-,22+,23+,24+,26+,27+,28+,29+,32+,34-/m0/s1. The highest BCUT2D eigenvalue weighted by molar-refractivity contribution is 5.79. The molecule has 58 heavy (non-hydrogen) atoms. The van der Waals surface area contributed by atoms with Gasteiger partial charge in [0.1, 0.15) is 24.9 Å². The lowest BCUT2D eigenvalue weighted by Gasteiger charge is -2.48. The van der Waals surface area contributed by atoms with Gasteiger partial charge in [0.05, 0.1) is 38.8 Å². The summed E-state index contributed by atoms with van der Waals surface area (Å²) in [5.41, 5.74) is -0.739.